The van der Waals surface area contributed by atoms with Gasteiger partial charge in [0.05, 0.1) is 12.2 Å². The first-order valence-electron chi connectivity index (χ1n) is 6.68. The molecule has 0 aromatic carbocycles. The number of nitrogens with one attached hydrogen (secondary N) is 1. The molecule has 1 saturated heterocycles. The monoisotopic (exact) mass is 251 g/mol. The zero-order chi connectivity index (χ0) is 13.0. The fourth-order valence-corrected chi connectivity index (χ4v) is 2.27. The van der Waals surface area contributed by atoms with Crippen molar-refractivity contribution in [3.05, 3.63) is 18.0 Å². The van der Waals surface area contributed by atoms with Crippen LogP contribution >= 0.6 is 0 Å². The summed E-state index contributed by atoms with van der Waals surface area (Å²) >= 11 is 0. The second-order valence-corrected chi connectivity index (χ2v) is 4.59. The number of ether oxygens (including phenoxy) is 1. The van der Waals surface area contributed by atoms with Gasteiger partial charge in [0, 0.05) is 31.3 Å². The third-order valence-corrected chi connectivity index (χ3v) is 3.30. The van der Waals surface area contributed by atoms with E-state index in [9.17, 15) is 4.79 Å². The van der Waals surface area contributed by atoms with Crippen LogP contribution in [0.15, 0.2) is 12.4 Å². The zero-order valence-electron chi connectivity index (χ0n) is 11.1. The maximum atomic E-state index is 11.5. The molecule has 5 nitrogen and oxygen atoms in total. The third-order valence-electron chi connectivity index (χ3n) is 3.30. The third kappa shape index (κ3) is 2.90. The second kappa shape index (κ2) is 6.00. The molecule has 0 saturated carbocycles. The highest BCUT2D eigenvalue weighted by Crippen LogP contribution is 2.28. The van der Waals surface area contributed by atoms with Gasteiger partial charge in [-0.15, -0.1) is 0 Å². The fraction of sp³-hybridized carbons (Fsp3) is 0.692. The molecule has 0 aliphatic carbocycles. The molecule has 2 heterocycles. The Labute approximate surface area is 108 Å². The highest BCUT2D eigenvalue weighted by molar-refractivity contribution is 5.75. The van der Waals surface area contributed by atoms with Crippen molar-refractivity contribution >= 4 is 5.91 Å². The van der Waals surface area contributed by atoms with Crippen LogP contribution in [0.3, 0.4) is 0 Å². The van der Waals surface area contributed by atoms with E-state index in [4.69, 9.17) is 4.74 Å². The smallest absolute Gasteiger partial charge is 0.220 e. The van der Waals surface area contributed by atoms with Gasteiger partial charge < -0.3 is 10.1 Å². The maximum Gasteiger partial charge on any atom is 0.220 e. The Bertz CT molecular complexity index is 403. The number of carbonyl (C=O) groups is 1. The molecule has 0 radical (unpaired) electrons. The number of hydrogen-bond donors (Lipinski definition) is 1. The first-order chi connectivity index (χ1) is 8.74. The van der Waals surface area contributed by atoms with Crippen LogP contribution in [-0.2, 0) is 16.1 Å². The maximum absolute atomic E-state index is 11.5. The van der Waals surface area contributed by atoms with Crippen LogP contribution in [0.4, 0.5) is 0 Å². The van der Waals surface area contributed by atoms with Crippen molar-refractivity contribution in [2.75, 3.05) is 6.61 Å². The van der Waals surface area contributed by atoms with Gasteiger partial charge in [-0.2, -0.15) is 5.10 Å². The van der Waals surface area contributed by atoms with Gasteiger partial charge in [0.2, 0.25) is 5.91 Å². The summed E-state index contributed by atoms with van der Waals surface area (Å²) in [5.41, 5.74) is 1.05. The number of aryl methyl sites for hydroxylation is 1. The molecule has 0 unspecified atom stereocenters. The van der Waals surface area contributed by atoms with Gasteiger partial charge in [-0.1, -0.05) is 6.92 Å². The topological polar surface area (TPSA) is 56.1 Å². The average Bonchev–Trinajstić information content (AvgIpc) is 2.88. The van der Waals surface area contributed by atoms with E-state index in [0.29, 0.717) is 6.42 Å². The normalized spacial score (nSPS) is 23.9. The van der Waals surface area contributed by atoms with E-state index in [2.05, 4.69) is 17.3 Å². The lowest BCUT2D eigenvalue weighted by Gasteiger charge is -2.31. The first kappa shape index (κ1) is 13.1. The number of amides is 1. The van der Waals surface area contributed by atoms with Crippen LogP contribution in [0, 0.1) is 0 Å². The van der Waals surface area contributed by atoms with Gasteiger partial charge in [0.25, 0.3) is 0 Å². The van der Waals surface area contributed by atoms with Gasteiger partial charge in [-0.25, -0.2) is 0 Å². The van der Waals surface area contributed by atoms with Crippen molar-refractivity contribution < 1.29 is 9.53 Å². The Hall–Kier alpha value is -1.36. The predicted octanol–water partition coefficient (Wildman–Crippen LogP) is 1.65. The second-order valence-electron chi connectivity index (χ2n) is 4.59. The van der Waals surface area contributed by atoms with E-state index in [1.165, 1.54) is 0 Å². The Morgan fingerprint density at radius 3 is 3.11 bits per heavy atom. The lowest BCUT2D eigenvalue weighted by atomic mass is 9.98. The summed E-state index contributed by atoms with van der Waals surface area (Å²) in [5, 5.41) is 7.31. The van der Waals surface area contributed by atoms with E-state index in [-0.39, 0.29) is 18.1 Å². The molecule has 5 heteroatoms. The van der Waals surface area contributed by atoms with E-state index >= 15 is 0 Å². The standard InChI is InChI=1S/C13H21N3O2/c1-3-12(17)15-11-6-5-7-18-13(11)10-8-14-16(4-2)9-10/h8-9,11,13H,3-7H2,1-2H3,(H,15,17)/t11-,13+/m1/s1. The van der Waals surface area contributed by atoms with Crippen LogP contribution in [-0.4, -0.2) is 28.3 Å². The van der Waals surface area contributed by atoms with Crippen molar-refractivity contribution in [2.45, 2.75) is 51.8 Å². The van der Waals surface area contributed by atoms with Crippen molar-refractivity contribution in [3.8, 4) is 0 Å². The predicted molar refractivity (Wildman–Crippen MR) is 68.0 cm³/mol. The molecule has 1 amide bonds. The number of carbonyl (C=O) groups excluding carboxylic acids is 1. The summed E-state index contributed by atoms with van der Waals surface area (Å²) in [6.45, 7) is 5.51. The van der Waals surface area contributed by atoms with Gasteiger partial charge in [-0.05, 0) is 19.8 Å². The SMILES string of the molecule is CCC(=O)N[C@@H]1CCCO[C@H]1c1cnn(CC)c1. The average molecular weight is 251 g/mol. The van der Waals surface area contributed by atoms with Crippen LogP contribution in [0.2, 0.25) is 0 Å². The molecule has 1 N–H and O–H groups in total. The van der Waals surface area contributed by atoms with E-state index in [1.807, 2.05) is 24.0 Å². The van der Waals surface area contributed by atoms with E-state index < -0.39 is 0 Å². The number of rotatable bonds is 4. The van der Waals surface area contributed by atoms with Gasteiger partial charge in [-0.3, -0.25) is 9.48 Å². The molecule has 1 aromatic heterocycles. The highest BCUT2D eigenvalue weighted by atomic mass is 16.5. The minimum atomic E-state index is -0.0606. The minimum Gasteiger partial charge on any atom is -0.371 e. The molecule has 100 valence electrons. The summed E-state index contributed by atoms with van der Waals surface area (Å²) in [5.74, 6) is 0.0818. The Kier molecular flexibility index (Phi) is 4.36. The first-order valence-corrected chi connectivity index (χ1v) is 6.68. The molecule has 18 heavy (non-hydrogen) atoms. The van der Waals surface area contributed by atoms with Crippen molar-refractivity contribution in [1.82, 2.24) is 15.1 Å². The molecule has 2 rings (SSSR count). The summed E-state index contributed by atoms with van der Waals surface area (Å²) < 4.78 is 7.69. The summed E-state index contributed by atoms with van der Waals surface area (Å²) in [6, 6.07) is 0.0701. The molecular weight excluding hydrogens is 230 g/mol. The van der Waals surface area contributed by atoms with E-state index in [1.54, 1.807) is 0 Å². The van der Waals surface area contributed by atoms with Crippen LogP contribution < -0.4 is 5.32 Å². The lowest BCUT2D eigenvalue weighted by Crippen LogP contribution is -2.42. The lowest BCUT2D eigenvalue weighted by molar-refractivity contribution is -0.123. The molecule has 0 bridgehead atoms. The van der Waals surface area contributed by atoms with E-state index in [0.717, 1.165) is 31.6 Å². The number of nitrogens with zero attached hydrogens (tertiary/aromatic N) is 2. The van der Waals surface area contributed by atoms with Crippen molar-refractivity contribution in [1.29, 1.82) is 0 Å². The van der Waals surface area contributed by atoms with Gasteiger partial charge >= 0.3 is 0 Å². The molecule has 1 fully saturated rings. The van der Waals surface area contributed by atoms with Crippen LogP contribution in [0.1, 0.15) is 44.8 Å². The number of hydrogen-bond acceptors (Lipinski definition) is 3. The van der Waals surface area contributed by atoms with Gasteiger partial charge in [0.1, 0.15) is 6.10 Å². The van der Waals surface area contributed by atoms with Crippen molar-refractivity contribution in [3.63, 3.8) is 0 Å². The highest BCUT2D eigenvalue weighted by Gasteiger charge is 2.29. The fourth-order valence-electron chi connectivity index (χ4n) is 2.27. The molecule has 1 aliphatic rings. The Morgan fingerprint density at radius 1 is 1.61 bits per heavy atom. The summed E-state index contributed by atoms with van der Waals surface area (Å²) in [4.78, 5) is 11.5. The Morgan fingerprint density at radius 2 is 2.44 bits per heavy atom. The molecule has 0 spiro atoms. The quantitative estimate of drug-likeness (QED) is 0.885. The van der Waals surface area contributed by atoms with Crippen molar-refractivity contribution in [2.24, 2.45) is 0 Å². The summed E-state index contributed by atoms with van der Waals surface area (Å²) in [7, 11) is 0. The molecule has 1 aliphatic heterocycles. The number of aromatic nitrogens is 2. The molecule has 2 atom stereocenters. The minimum absolute atomic E-state index is 0.0606. The largest absolute Gasteiger partial charge is 0.371 e. The Balaban J connectivity index is 2.09. The molecular formula is C13H21N3O2. The van der Waals surface area contributed by atoms with Crippen LogP contribution in [0.5, 0.6) is 0 Å². The summed E-state index contributed by atoms with van der Waals surface area (Å²) in [6.07, 6.45) is 6.25. The molecule has 1 aromatic rings. The zero-order valence-corrected chi connectivity index (χ0v) is 11.1. The van der Waals surface area contributed by atoms with Crippen LogP contribution in [0.25, 0.3) is 0 Å². The van der Waals surface area contributed by atoms with Gasteiger partial charge in [0.15, 0.2) is 0 Å².